The van der Waals surface area contributed by atoms with Gasteiger partial charge in [-0.15, -0.1) is 0 Å². The van der Waals surface area contributed by atoms with Gasteiger partial charge in [-0.1, -0.05) is 7.43 Å². The van der Waals surface area contributed by atoms with E-state index in [4.69, 9.17) is 15.3 Å². The highest BCUT2D eigenvalue weighted by molar-refractivity contribution is 4.46. The van der Waals surface area contributed by atoms with E-state index in [1.807, 2.05) is 0 Å². The molecule has 0 amide bonds. The molecule has 0 aliphatic rings. The normalized spacial score (nSPS) is 10.8. The van der Waals surface area contributed by atoms with E-state index in [2.05, 4.69) is 9.47 Å². The summed E-state index contributed by atoms with van der Waals surface area (Å²) in [6.07, 6.45) is -0.718. The summed E-state index contributed by atoms with van der Waals surface area (Å²) in [5.74, 6) is 0. The van der Waals surface area contributed by atoms with Gasteiger partial charge in [-0.05, 0) is 0 Å². The second kappa shape index (κ2) is 17.0. The first-order chi connectivity index (χ1) is 5.22. The fraction of sp³-hybridized carbons (Fsp3) is 1.00. The lowest BCUT2D eigenvalue weighted by atomic mass is 10.4. The maximum absolute atomic E-state index is 8.48. The summed E-state index contributed by atoms with van der Waals surface area (Å²) >= 11 is 0. The molecule has 0 saturated carbocycles. The minimum absolute atomic E-state index is 0. The van der Waals surface area contributed by atoms with Gasteiger partial charge in [0.1, 0.15) is 12.9 Å². The lowest BCUT2D eigenvalue weighted by molar-refractivity contribution is 0.0254. The third-order valence-corrected chi connectivity index (χ3v) is 0.699. The zero-order chi connectivity index (χ0) is 9.11. The maximum Gasteiger partial charge on any atom is 0.143 e. The average molecular weight is 184 g/mol. The van der Waals surface area contributed by atoms with Gasteiger partial charge in [-0.2, -0.15) is 0 Å². The SMILES string of the molecule is C.COCC(O)CO.COCO. The molecule has 0 aromatic carbocycles. The van der Waals surface area contributed by atoms with Crippen LogP contribution in [0.3, 0.4) is 0 Å². The molecule has 78 valence electrons. The Kier molecular flexibility index (Phi) is 25.3. The Morgan fingerprint density at radius 2 is 1.58 bits per heavy atom. The molecule has 0 aromatic rings. The molecule has 1 atom stereocenters. The maximum atomic E-state index is 8.48. The van der Waals surface area contributed by atoms with E-state index >= 15 is 0 Å². The number of methoxy groups -OCH3 is 2. The van der Waals surface area contributed by atoms with Crippen molar-refractivity contribution in [3.8, 4) is 0 Å². The number of aliphatic hydroxyl groups excluding tert-OH is 3. The minimum Gasteiger partial charge on any atom is -0.394 e. The van der Waals surface area contributed by atoms with Gasteiger partial charge in [-0.25, -0.2) is 0 Å². The highest BCUT2D eigenvalue weighted by atomic mass is 16.6. The van der Waals surface area contributed by atoms with Crippen LogP contribution in [0.2, 0.25) is 0 Å². The summed E-state index contributed by atoms with van der Waals surface area (Å²) in [7, 11) is 2.90. The molecule has 5 heteroatoms. The first-order valence-corrected chi connectivity index (χ1v) is 3.10. The molecule has 0 spiro atoms. The van der Waals surface area contributed by atoms with Crippen LogP contribution in [-0.4, -0.2) is 55.6 Å². The zero-order valence-electron chi connectivity index (χ0n) is 6.86. The van der Waals surface area contributed by atoms with Crippen molar-refractivity contribution in [3.05, 3.63) is 0 Å². The molecule has 0 fully saturated rings. The number of hydrogen-bond donors (Lipinski definition) is 3. The Morgan fingerprint density at radius 3 is 1.67 bits per heavy atom. The molecule has 0 saturated heterocycles. The van der Waals surface area contributed by atoms with Crippen LogP contribution in [0.15, 0.2) is 0 Å². The second-order valence-electron chi connectivity index (χ2n) is 1.71. The summed E-state index contributed by atoms with van der Waals surface area (Å²) in [5.41, 5.74) is 0. The fourth-order valence-electron chi connectivity index (χ4n) is 0.245. The lowest BCUT2D eigenvalue weighted by Crippen LogP contribution is -2.17. The van der Waals surface area contributed by atoms with Crippen molar-refractivity contribution >= 4 is 0 Å². The Bertz CT molecular complexity index is 57.8. The molecule has 0 radical (unpaired) electrons. The number of aliphatic hydroxyl groups is 3. The molecule has 0 aliphatic carbocycles. The van der Waals surface area contributed by atoms with E-state index < -0.39 is 6.10 Å². The van der Waals surface area contributed by atoms with Crippen LogP contribution in [0.25, 0.3) is 0 Å². The van der Waals surface area contributed by atoms with Crippen LogP contribution < -0.4 is 0 Å². The van der Waals surface area contributed by atoms with Gasteiger partial charge in [-0.3, -0.25) is 0 Å². The van der Waals surface area contributed by atoms with Crippen molar-refractivity contribution in [3.63, 3.8) is 0 Å². The molecule has 0 heterocycles. The van der Waals surface area contributed by atoms with Crippen molar-refractivity contribution in [1.29, 1.82) is 0 Å². The van der Waals surface area contributed by atoms with E-state index in [0.717, 1.165) is 0 Å². The van der Waals surface area contributed by atoms with E-state index in [1.165, 1.54) is 14.2 Å². The van der Waals surface area contributed by atoms with Crippen LogP contribution in [-0.2, 0) is 9.47 Å². The fourth-order valence-corrected chi connectivity index (χ4v) is 0.245. The van der Waals surface area contributed by atoms with Crippen LogP contribution in [0.1, 0.15) is 7.43 Å². The minimum atomic E-state index is -0.718. The van der Waals surface area contributed by atoms with Gasteiger partial charge in [0, 0.05) is 14.2 Å². The van der Waals surface area contributed by atoms with Gasteiger partial charge in [0.2, 0.25) is 0 Å². The van der Waals surface area contributed by atoms with Gasteiger partial charge in [0.05, 0.1) is 13.2 Å². The summed E-state index contributed by atoms with van der Waals surface area (Å²) in [4.78, 5) is 0. The number of ether oxygens (including phenoxy) is 2. The van der Waals surface area contributed by atoms with Crippen molar-refractivity contribution in [1.82, 2.24) is 0 Å². The first-order valence-electron chi connectivity index (χ1n) is 3.10. The third kappa shape index (κ3) is 22.6. The van der Waals surface area contributed by atoms with E-state index in [9.17, 15) is 0 Å². The molecule has 1 unspecified atom stereocenters. The summed E-state index contributed by atoms with van der Waals surface area (Å²) in [6.45, 7) is -0.204. The van der Waals surface area contributed by atoms with E-state index in [0.29, 0.717) is 0 Å². The van der Waals surface area contributed by atoms with Gasteiger partial charge in [0.25, 0.3) is 0 Å². The molecule has 3 N–H and O–H groups in total. The average Bonchev–Trinajstić information content (AvgIpc) is 2.05. The molecule has 0 aromatic heterocycles. The zero-order valence-corrected chi connectivity index (χ0v) is 6.86. The standard InChI is InChI=1S/C4H10O3.C2H6O2.CH4/c1-7-3-4(6)2-5;1-4-2-3;/h4-6H,2-3H2,1H3;3H,2H2,1H3;1H4. The lowest BCUT2D eigenvalue weighted by Gasteiger charge is -2.01. The molecular weight excluding hydrogens is 164 g/mol. The molecule has 12 heavy (non-hydrogen) atoms. The summed E-state index contributed by atoms with van der Waals surface area (Å²) in [6, 6.07) is 0. The monoisotopic (exact) mass is 184 g/mol. The number of hydrogen-bond acceptors (Lipinski definition) is 5. The highest BCUT2D eigenvalue weighted by Gasteiger charge is 1.96. The molecular formula is C7H20O5. The summed E-state index contributed by atoms with van der Waals surface area (Å²) in [5, 5.41) is 24.3. The Labute approximate surface area is 73.6 Å². The predicted octanol–water partition coefficient (Wildman–Crippen LogP) is -0.795. The highest BCUT2D eigenvalue weighted by Crippen LogP contribution is 1.77. The molecule has 0 rings (SSSR count). The second-order valence-corrected chi connectivity index (χ2v) is 1.71. The van der Waals surface area contributed by atoms with Crippen LogP contribution in [0, 0.1) is 0 Å². The first kappa shape index (κ1) is 17.8. The summed E-state index contributed by atoms with van der Waals surface area (Å²) < 4.78 is 8.58. The molecule has 5 nitrogen and oxygen atoms in total. The molecule has 0 aliphatic heterocycles. The Hall–Kier alpha value is -0.200. The van der Waals surface area contributed by atoms with Gasteiger partial charge >= 0.3 is 0 Å². The van der Waals surface area contributed by atoms with Crippen molar-refractivity contribution in [2.24, 2.45) is 0 Å². The Morgan fingerprint density at radius 1 is 1.17 bits per heavy atom. The van der Waals surface area contributed by atoms with Crippen molar-refractivity contribution in [2.45, 2.75) is 13.5 Å². The van der Waals surface area contributed by atoms with Crippen LogP contribution in [0.4, 0.5) is 0 Å². The van der Waals surface area contributed by atoms with Crippen LogP contribution in [0.5, 0.6) is 0 Å². The van der Waals surface area contributed by atoms with Crippen molar-refractivity contribution in [2.75, 3.05) is 34.2 Å². The number of rotatable bonds is 4. The van der Waals surface area contributed by atoms with Gasteiger partial charge in [0.15, 0.2) is 0 Å². The van der Waals surface area contributed by atoms with Gasteiger partial charge < -0.3 is 24.8 Å². The Balaban J connectivity index is -0.000000142. The largest absolute Gasteiger partial charge is 0.394 e. The topological polar surface area (TPSA) is 79.2 Å². The van der Waals surface area contributed by atoms with E-state index in [-0.39, 0.29) is 27.4 Å². The van der Waals surface area contributed by atoms with Crippen LogP contribution >= 0.6 is 0 Å². The predicted molar refractivity (Wildman–Crippen MR) is 45.8 cm³/mol. The smallest absolute Gasteiger partial charge is 0.143 e. The van der Waals surface area contributed by atoms with Crippen molar-refractivity contribution < 1.29 is 24.8 Å². The molecule has 0 bridgehead atoms. The van der Waals surface area contributed by atoms with E-state index in [1.54, 1.807) is 0 Å². The quantitative estimate of drug-likeness (QED) is 0.499. The third-order valence-electron chi connectivity index (χ3n) is 0.699.